The van der Waals surface area contributed by atoms with Gasteiger partial charge < -0.3 is 9.64 Å². The minimum atomic E-state index is -0.547. The zero-order chi connectivity index (χ0) is 43.1. The molecule has 0 radical (unpaired) electrons. The SMILES string of the molecule is c1ccc2c(c1)Oc1ccccc1C21c2ccccc2-c2cc(N(c3ccc4sc5ccccc5c4c3)c3cccc4c3-c3ccccc3C43c4ccccc4Sc4ccccc43)ccc21. The van der Waals surface area contributed by atoms with Crippen LogP contribution in [0.2, 0.25) is 0 Å². The van der Waals surface area contributed by atoms with Crippen molar-refractivity contribution in [3.63, 3.8) is 0 Å². The topological polar surface area (TPSA) is 12.5 Å². The van der Waals surface area contributed by atoms with Crippen molar-refractivity contribution in [2.75, 3.05) is 4.90 Å². The fourth-order valence-corrected chi connectivity index (χ4v) is 14.6. The van der Waals surface area contributed by atoms with Crippen molar-refractivity contribution >= 4 is 60.3 Å². The van der Waals surface area contributed by atoms with E-state index in [1.165, 1.54) is 96.7 Å². The molecule has 3 heterocycles. The Morgan fingerprint density at radius 3 is 1.61 bits per heavy atom. The molecule has 0 unspecified atom stereocenters. The smallest absolute Gasteiger partial charge is 0.132 e. The summed E-state index contributed by atoms with van der Waals surface area (Å²) in [6.07, 6.45) is 0. The van der Waals surface area contributed by atoms with Crippen LogP contribution in [0.1, 0.15) is 44.5 Å². The minimum Gasteiger partial charge on any atom is -0.457 e. The highest BCUT2D eigenvalue weighted by Gasteiger charge is 2.53. The molecule has 0 atom stereocenters. The molecule has 11 aromatic rings. The van der Waals surface area contributed by atoms with Crippen molar-refractivity contribution in [3.05, 3.63) is 269 Å². The number of benzene rings is 10. The van der Waals surface area contributed by atoms with E-state index in [2.05, 4.69) is 229 Å². The first-order chi connectivity index (χ1) is 32.7. The third-order valence-electron chi connectivity index (χ3n) is 14.8. The molecule has 0 amide bonds. The molecular weight excluding hydrogens is 839 g/mol. The second-order valence-electron chi connectivity index (χ2n) is 17.8. The van der Waals surface area contributed by atoms with Gasteiger partial charge in [-0.3, -0.25) is 0 Å². The summed E-state index contributed by atoms with van der Waals surface area (Å²) >= 11 is 3.75. The van der Waals surface area contributed by atoms with E-state index in [1.807, 2.05) is 23.1 Å². The molecule has 1 aromatic heterocycles. The minimum absolute atomic E-state index is 0.493. The molecule has 0 N–H and O–H groups in total. The molecule has 2 spiro atoms. The van der Waals surface area contributed by atoms with E-state index >= 15 is 0 Å². The molecule has 308 valence electrons. The Hall–Kier alpha value is -7.63. The highest BCUT2D eigenvalue weighted by Crippen LogP contribution is 2.66. The zero-order valence-corrected chi connectivity index (χ0v) is 37.2. The van der Waals surface area contributed by atoms with Crippen LogP contribution >= 0.6 is 23.1 Å². The molecule has 0 saturated heterocycles. The lowest BCUT2D eigenvalue weighted by Crippen LogP contribution is -2.32. The van der Waals surface area contributed by atoms with Gasteiger partial charge in [0.1, 0.15) is 11.5 Å². The molecule has 0 saturated carbocycles. The summed E-state index contributed by atoms with van der Waals surface area (Å²) in [6, 6.07) is 83.9. The second kappa shape index (κ2) is 13.5. The number of hydrogen-bond acceptors (Lipinski definition) is 4. The average molecular weight is 876 g/mol. The highest BCUT2D eigenvalue weighted by atomic mass is 32.2. The Bertz CT molecular complexity index is 3790. The molecule has 2 aliphatic heterocycles. The van der Waals surface area contributed by atoms with Crippen LogP contribution in [0, 0.1) is 0 Å². The van der Waals surface area contributed by atoms with Gasteiger partial charge >= 0.3 is 0 Å². The number of nitrogens with zero attached hydrogens (tertiary/aromatic N) is 1. The summed E-state index contributed by atoms with van der Waals surface area (Å²) in [5.74, 6) is 1.80. The van der Waals surface area contributed by atoms with Crippen molar-refractivity contribution in [1.82, 2.24) is 0 Å². The van der Waals surface area contributed by atoms with Crippen LogP contribution in [0.3, 0.4) is 0 Å². The van der Waals surface area contributed by atoms with Crippen molar-refractivity contribution in [2.45, 2.75) is 20.6 Å². The monoisotopic (exact) mass is 875 g/mol. The average Bonchev–Trinajstić information content (AvgIpc) is 4.00. The third kappa shape index (κ3) is 4.62. The Kier molecular flexibility index (Phi) is 7.48. The highest BCUT2D eigenvalue weighted by molar-refractivity contribution is 7.99. The molecule has 4 heteroatoms. The first-order valence-corrected chi connectivity index (χ1v) is 24.3. The number of thiophene rings is 1. The van der Waals surface area contributed by atoms with Crippen molar-refractivity contribution in [3.8, 4) is 33.8 Å². The van der Waals surface area contributed by atoms with Crippen molar-refractivity contribution in [2.24, 2.45) is 0 Å². The van der Waals surface area contributed by atoms with Gasteiger partial charge in [-0.1, -0.05) is 169 Å². The number of hydrogen-bond donors (Lipinski definition) is 0. The molecule has 10 aromatic carbocycles. The van der Waals surface area contributed by atoms with Gasteiger partial charge in [-0.2, -0.15) is 0 Å². The third-order valence-corrected chi connectivity index (χ3v) is 17.1. The fourth-order valence-electron chi connectivity index (χ4n) is 12.3. The normalized spacial score (nSPS) is 14.7. The standard InChI is InChI=1S/C62H37NOS2/c1-4-19-45-40(16-1)43-36-38(32-34-47(43)61(45)48-21-6-10-27-54(48)64-55-28-11-7-22-49(55)61)63(39-33-35-57-44(37-39)41-17-3-12-29-56(41)65-57)53-26-15-25-52-60(53)42-18-2-5-20-46(42)62(52)50-23-8-13-30-58(50)66-59-31-14-9-24-51(59)62/h1-37H. The Balaban J connectivity index is 1.03. The van der Waals surface area contributed by atoms with Gasteiger partial charge in [0.15, 0.2) is 0 Å². The van der Waals surface area contributed by atoms with Crippen LogP contribution in [0.25, 0.3) is 42.4 Å². The summed E-state index contributed by atoms with van der Waals surface area (Å²) in [5.41, 5.74) is 17.6. The Morgan fingerprint density at radius 2 is 0.864 bits per heavy atom. The number of fused-ring (bicyclic) bond motifs is 21. The summed E-state index contributed by atoms with van der Waals surface area (Å²) in [6.45, 7) is 0. The van der Waals surface area contributed by atoms with E-state index in [1.54, 1.807) is 0 Å². The van der Waals surface area contributed by atoms with Gasteiger partial charge in [0.25, 0.3) is 0 Å². The molecule has 0 bridgehead atoms. The van der Waals surface area contributed by atoms with E-state index in [-0.39, 0.29) is 0 Å². The zero-order valence-electron chi connectivity index (χ0n) is 35.5. The molecule has 4 aliphatic rings. The van der Waals surface area contributed by atoms with Gasteiger partial charge in [-0.15, -0.1) is 11.3 Å². The fraction of sp³-hybridized carbons (Fsp3) is 0.0323. The van der Waals surface area contributed by atoms with Gasteiger partial charge in [0, 0.05) is 58.0 Å². The molecule has 15 rings (SSSR count). The number of ether oxygens (including phenoxy) is 1. The van der Waals surface area contributed by atoms with E-state index in [0.29, 0.717) is 0 Å². The molecular formula is C62H37NOS2. The summed E-state index contributed by atoms with van der Waals surface area (Å²) in [5, 5.41) is 2.56. The maximum Gasteiger partial charge on any atom is 0.132 e. The van der Waals surface area contributed by atoms with Gasteiger partial charge in [0.2, 0.25) is 0 Å². The second-order valence-corrected chi connectivity index (χ2v) is 20.0. The first kappa shape index (κ1) is 36.7. The van der Waals surface area contributed by atoms with Crippen LogP contribution in [0.4, 0.5) is 17.1 Å². The van der Waals surface area contributed by atoms with Crippen LogP contribution < -0.4 is 9.64 Å². The predicted octanol–water partition coefficient (Wildman–Crippen LogP) is 16.8. The summed E-state index contributed by atoms with van der Waals surface area (Å²) in [7, 11) is 0. The number of anilines is 3. The molecule has 2 aliphatic carbocycles. The van der Waals surface area contributed by atoms with Crippen LogP contribution in [0.15, 0.2) is 234 Å². The van der Waals surface area contributed by atoms with Gasteiger partial charge in [0.05, 0.1) is 16.5 Å². The molecule has 66 heavy (non-hydrogen) atoms. The molecule has 0 fully saturated rings. The lowest BCUT2D eigenvalue weighted by atomic mass is 9.66. The van der Waals surface area contributed by atoms with E-state index in [4.69, 9.17) is 4.74 Å². The van der Waals surface area contributed by atoms with E-state index in [9.17, 15) is 0 Å². The Labute approximate surface area is 391 Å². The largest absolute Gasteiger partial charge is 0.457 e. The lowest BCUT2D eigenvalue weighted by Gasteiger charge is -2.40. The van der Waals surface area contributed by atoms with E-state index in [0.717, 1.165) is 28.6 Å². The van der Waals surface area contributed by atoms with Crippen LogP contribution in [-0.4, -0.2) is 0 Å². The van der Waals surface area contributed by atoms with Gasteiger partial charge in [-0.25, -0.2) is 0 Å². The predicted molar refractivity (Wildman–Crippen MR) is 273 cm³/mol. The number of rotatable bonds is 3. The summed E-state index contributed by atoms with van der Waals surface area (Å²) < 4.78 is 9.28. The Morgan fingerprint density at radius 1 is 0.348 bits per heavy atom. The van der Waals surface area contributed by atoms with Crippen molar-refractivity contribution in [1.29, 1.82) is 0 Å². The quantitative estimate of drug-likeness (QED) is 0.175. The first-order valence-electron chi connectivity index (χ1n) is 22.7. The lowest BCUT2D eigenvalue weighted by molar-refractivity contribution is 0.436. The number of para-hydroxylation sites is 2. The van der Waals surface area contributed by atoms with Crippen molar-refractivity contribution < 1.29 is 4.74 Å². The van der Waals surface area contributed by atoms with E-state index < -0.39 is 10.8 Å². The summed E-state index contributed by atoms with van der Waals surface area (Å²) in [4.78, 5) is 5.16. The molecule has 2 nitrogen and oxygen atoms in total. The van der Waals surface area contributed by atoms with Crippen LogP contribution in [0.5, 0.6) is 11.5 Å². The van der Waals surface area contributed by atoms with Gasteiger partial charge in [-0.05, 0) is 117 Å². The van der Waals surface area contributed by atoms with Crippen LogP contribution in [-0.2, 0) is 10.8 Å². The maximum absolute atomic E-state index is 6.68. The maximum atomic E-state index is 6.68.